The maximum Gasteiger partial charge on any atom is 0.377 e. The van der Waals surface area contributed by atoms with E-state index in [1.807, 2.05) is 0 Å². The van der Waals surface area contributed by atoms with Gasteiger partial charge in [0.2, 0.25) is 5.76 Å². The number of cyclic esters (lactones) is 1. The van der Waals surface area contributed by atoms with E-state index in [0.29, 0.717) is 6.42 Å². The number of hydrogen-bond acceptors (Lipinski definition) is 7. The number of ether oxygens (including phenoxy) is 2. The van der Waals surface area contributed by atoms with Crippen LogP contribution in [-0.4, -0.2) is 46.1 Å². The molecule has 2 atom stereocenters. The molecule has 7 heteroatoms. The van der Waals surface area contributed by atoms with Gasteiger partial charge in [0.1, 0.15) is 12.7 Å². The van der Waals surface area contributed by atoms with Crippen molar-refractivity contribution in [3.63, 3.8) is 0 Å². The van der Waals surface area contributed by atoms with Gasteiger partial charge in [-0.05, 0) is 32.1 Å². The van der Waals surface area contributed by atoms with Crippen molar-refractivity contribution in [3.05, 3.63) is 35.8 Å². The summed E-state index contributed by atoms with van der Waals surface area (Å²) >= 11 is 0. The topological polar surface area (TPSA) is 113 Å². The second-order valence-electron chi connectivity index (χ2n) is 7.82. The molecular formula is C24H38O7. The molecule has 1 aliphatic heterocycles. The predicted molar refractivity (Wildman–Crippen MR) is 118 cm³/mol. The molecule has 176 valence electrons. The Morgan fingerprint density at radius 2 is 1.58 bits per heavy atom. The Bertz CT molecular complexity index is 621. The van der Waals surface area contributed by atoms with Gasteiger partial charge in [-0.15, -0.1) is 0 Å². The predicted octanol–water partition coefficient (Wildman–Crippen LogP) is 4.96. The van der Waals surface area contributed by atoms with Crippen LogP contribution in [-0.2, 0) is 19.1 Å². The number of unbranched alkanes of at least 4 members (excludes halogenated alkanes) is 9. The van der Waals surface area contributed by atoms with Crippen LogP contribution in [0.3, 0.4) is 0 Å². The number of carbonyl (C=O) groups is 2. The van der Waals surface area contributed by atoms with Crippen LogP contribution >= 0.6 is 0 Å². The van der Waals surface area contributed by atoms with E-state index >= 15 is 0 Å². The third-order valence-corrected chi connectivity index (χ3v) is 5.06. The molecule has 2 unspecified atom stereocenters. The summed E-state index contributed by atoms with van der Waals surface area (Å²) in [5, 5.41) is 28.5. The van der Waals surface area contributed by atoms with Crippen molar-refractivity contribution in [2.75, 3.05) is 6.61 Å². The SMILES string of the molecule is CCCCCC/C=C/C=C/CCCCCCCC(=O)OCC(O)C1OC(=O)C(O)=C1O. The summed E-state index contributed by atoms with van der Waals surface area (Å²) in [5.41, 5.74) is 0. The molecule has 3 N–H and O–H groups in total. The first-order valence-corrected chi connectivity index (χ1v) is 11.5. The highest BCUT2D eigenvalue weighted by molar-refractivity contribution is 5.89. The first-order chi connectivity index (χ1) is 15.0. The molecule has 1 rings (SSSR count). The minimum Gasteiger partial charge on any atom is -0.505 e. The van der Waals surface area contributed by atoms with Crippen molar-refractivity contribution in [2.24, 2.45) is 0 Å². The second kappa shape index (κ2) is 16.4. The quantitative estimate of drug-likeness (QED) is 0.167. The van der Waals surface area contributed by atoms with Crippen molar-refractivity contribution >= 4 is 11.9 Å². The first-order valence-electron chi connectivity index (χ1n) is 11.5. The zero-order valence-electron chi connectivity index (χ0n) is 18.6. The van der Waals surface area contributed by atoms with E-state index in [2.05, 4.69) is 36.0 Å². The Balaban J connectivity index is 1.96. The van der Waals surface area contributed by atoms with Gasteiger partial charge in [-0.25, -0.2) is 4.79 Å². The van der Waals surface area contributed by atoms with Gasteiger partial charge in [-0.2, -0.15) is 0 Å². The summed E-state index contributed by atoms with van der Waals surface area (Å²) in [7, 11) is 0. The van der Waals surface area contributed by atoms with Crippen LogP contribution in [0.15, 0.2) is 35.8 Å². The van der Waals surface area contributed by atoms with Gasteiger partial charge in [-0.1, -0.05) is 69.8 Å². The summed E-state index contributed by atoms with van der Waals surface area (Å²) in [4.78, 5) is 22.8. The molecule has 0 bridgehead atoms. The molecule has 0 amide bonds. The molecule has 0 spiro atoms. The Hall–Kier alpha value is -2.28. The Morgan fingerprint density at radius 1 is 1.00 bits per heavy atom. The number of aliphatic hydroxyl groups excluding tert-OH is 3. The average Bonchev–Trinajstić information content (AvgIpc) is 3.02. The zero-order valence-corrected chi connectivity index (χ0v) is 18.6. The molecule has 1 heterocycles. The van der Waals surface area contributed by atoms with E-state index in [1.165, 1.54) is 25.7 Å². The van der Waals surface area contributed by atoms with Crippen molar-refractivity contribution in [3.8, 4) is 0 Å². The summed E-state index contributed by atoms with van der Waals surface area (Å²) in [6.07, 6.45) is 18.4. The smallest absolute Gasteiger partial charge is 0.377 e. The second-order valence-corrected chi connectivity index (χ2v) is 7.82. The number of esters is 2. The van der Waals surface area contributed by atoms with Crippen LogP contribution in [0, 0.1) is 0 Å². The van der Waals surface area contributed by atoms with E-state index in [4.69, 9.17) is 4.74 Å². The fourth-order valence-corrected chi connectivity index (χ4v) is 3.17. The molecule has 0 aromatic rings. The maximum absolute atomic E-state index is 11.7. The third kappa shape index (κ3) is 11.6. The Kier molecular flexibility index (Phi) is 14.2. The molecule has 31 heavy (non-hydrogen) atoms. The van der Waals surface area contributed by atoms with Crippen LogP contribution in [0.2, 0.25) is 0 Å². The van der Waals surface area contributed by atoms with Crippen LogP contribution in [0.1, 0.15) is 84.0 Å². The molecule has 0 aromatic carbocycles. The molecule has 0 radical (unpaired) electrons. The molecule has 7 nitrogen and oxygen atoms in total. The highest BCUT2D eigenvalue weighted by Gasteiger charge is 2.39. The average molecular weight is 439 g/mol. The van der Waals surface area contributed by atoms with Crippen LogP contribution < -0.4 is 0 Å². The summed E-state index contributed by atoms with van der Waals surface area (Å²) in [6.45, 7) is 1.80. The summed E-state index contributed by atoms with van der Waals surface area (Å²) in [5.74, 6) is -3.25. The fraction of sp³-hybridized carbons (Fsp3) is 0.667. The fourth-order valence-electron chi connectivity index (χ4n) is 3.17. The van der Waals surface area contributed by atoms with Crippen molar-refractivity contribution in [1.82, 2.24) is 0 Å². The lowest BCUT2D eigenvalue weighted by Crippen LogP contribution is -2.33. The summed E-state index contributed by atoms with van der Waals surface area (Å²) in [6, 6.07) is 0. The van der Waals surface area contributed by atoms with Gasteiger partial charge < -0.3 is 24.8 Å². The lowest BCUT2D eigenvalue weighted by atomic mass is 10.1. The zero-order chi connectivity index (χ0) is 22.9. The van der Waals surface area contributed by atoms with Gasteiger partial charge in [0.05, 0.1) is 0 Å². The monoisotopic (exact) mass is 438 g/mol. The maximum atomic E-state index is 11.7. The van der Waals surface area contributed by atoms with E-state index in [-0.39, 0.29) is 6.42 Å². The highest BCUT2D eigenvalue weighted by Crippen LogP contribution is 2.21. The lowest BCUT2D eigenvalue weighted by Gasteiger charge is -2.17. The van der Waals surface area contributed by atoms with Crippen LogP contribution in [0.25, 0.3) is 0 Å². The number of allylic oxidation sites excluding steroid dienone is 4. The number of carbonyl (C=O) groups excluding carboxylic acids is 2. The minimum absolute atomic E-state index is 0.243. The molecule has 1 aliphatic rings. The van der Waals surface area contributed by atoms with Crippen LogP contribution in [0.5, 0.6) is 0 Å². The van der Waals surface area contributed by atoms with E-state index < -0.39 is 42.3 Å². The van der Waals surface area contributed by atoms with Gasteiger partial charge >= 0.3 is 11.9 Å². The number of rotatable bonds is 17. The van der Waals surface area contributed by atoms with E-state index in [0.717, 1.165) is 38.5 Å². The van der Waals surface area contributed by atoms with Gasteiger partial charge in [0.15, 0.2) is 11.9 Å². The van der Waals surface area contributed by atoms with E-state index in [1.54, 1.807) is 0 Å². The summed E-state index contributed by atoms with van der Waals surface area (Å²) < 4.78 is 9.55. The molecule has 0 fully saturated rings. The van der Waals surface area contributed by atoms with Crippen molar-refractivity contribution in [1.29, 1.82) is 0 Å². The first kappa shape index (κ1) is 26.8. The van der Waals surface area contributed by atoms with Crippen molar-refractivity contribution < 1.29 is 34.4 Å². The molecule has 0 saturated heterocycles. The molecular weight excluding hydrogens is 400 g/mol. The van der Waals surface area contributed by atoms with E-state index in [9.17, 15) is 24.9 Å². The molecule has 0 aromatic heterocycles. The van der Waals surface area contributed by atoms with Gasteiger partial charge in [0, 0.05) is 6.42 Å². The van der Waals surface area contributed by atoms with Gasteiger partial charge in [-0.3, -0.25) is 4.79 Å². The highest BCUT2D eigenvalue weighted by atomic mass is 16.6. The normalized spacial score (nSPS) is 17.6. The lowest BCUT2D eigenvalue weighted by molar-refractivity contribution is -0.154. The Morgan fingerprint density at radius 3 is 2.16 bits per heavy atom. The van der Waals surface area contributed by atoms with Crippen LogP contribution in [0.4, 0.5) is 0 Å². The number of aliphatic hydroxyl groups is 3. The third-order valence-electron chi connectivity index (χ3n) is 5.06. The molecule has 0 aliphatic carbocycles. The van der Waals surface area contributed by atoms with Crippen molar-refractivity contribution in [2.45, 2.75) is 96.2 Å². The number of hydrogen-bond donors (Lipinski definition) is 3. The standard InChI is InChI=1S/C24H38O7/c1-2-3-4-5-6-7-8-9-10-11-12-13-14-15-16-17-20(26)30-18-19(25)23-21(27)22(28)24(29)31-23/h7-10,19,23,25,27-28H,2-6,11-18H2,1H3/b8-7+,10-9+. The van der Waals surface area contributed by atoms with Gasteiger partial charge in [0.25, 0.3) is 0 Å². The minimum atomic E-state index is -1.43. The largest absolute Gasteiger partial charge is 0.505 e. The Labute approximate surface area is 185 Å². The molecule has 0 saturated carbocycles.